The first-order valence-electron chi connectivity index (χ1n) is 11.8. The van der Waals surface area contributed by atoms with E-state index in [9.17, 15) is 14.4 Å². The van der Waals surface area contributed by atoms with Crippen molar-refractivity contribution in [3.05, 3.63) is 29.8 Å². The predicted octanol–water partition coefficient (Wildman–Crippen LogP) is 3.42. The van der Waals surface area contributed by atoms with Crippen LogP contribution in [-0.2, 0) is 9.59 Å². The molecule has 0 aromatic heterocycles. The van der Waals surface area contributed by atoms with E-state index in [2.05, 4.69) is 20.5 Å². The summed E-state index contributed by atoms with van der Waals surface area (Å²) < 4.78 is 0. The Bertz CT molecular complexity index is 906. The fourth-order valence-electron chi connectivity index (χ4n) is 4.58. The number of amides is 3. The Balaban J connectivity index is 1.11. The number of anilines is 1. The standard InChI is InChI=1S/C24H30N4O3S/c29-20(14-19-23(31)27-24(32-19)28-12-2-1-3-13-28)25-18-10-8-17(9-11-18)22(30)26-21(15-4-5-15)16-6-7-16/h8-11,15-16,19,21H,1-7,12-14H2,(H,25,29)(H,26,30). The lowest BCUT2D eigenvalue weighted by Crippen LogP contribution is -2.38. The molecule has 2 N–H and O–H groups in total. The van der Waals surface area contributed by atoms with Gasteiger partial charge < -0.3 is 15.5 Å². The third-order valence-corrected chi connectivity index (χ3v) is 7.93. The third-order valence-electron chi connectivity index (χ3n) is 6.71. The maximum absolute atomic E-state index is 12.6. The topological polar surface area (TPSA) is 90.9 Å². The molecular formula is C24H30N4O3S. The van der Waals surface area contributed by atoms with E-state index in [0.29, 0.717) is 29.1 Å². The van der Waals surface area contributed by atoms with Crippen molar-refractivity contribution in [2.45, 2.75) is 62.7 Å². The van der Waals surface area contributed by atoms with Gasteiger partial charge in [0.15, 0.2) is 5.17 Å². The van der Waals surface area contributed by atoms with Gasteiger partial charge in [-0.3, -0.25) is 14.4 Å². The predicted molar refractivity (Wildman–Crippen MR) is 126 cm³/mol. The summed E-state index contributed by atoms with van der Waals surface area (Å²) in [6.45, 7) is 1.86. The molecule has 1 aromatic rings. The van der Waals surface area contributed by atoms with E-state index in [1.807, 2.05) is 0 Å². The van der Waals surface area contributed by atoms with Crippen molar-refractivity contribution in [1.82, 2.24) is 10.2 Å². The van der Waals surface area contributed by atoms with Gasteiger partial charge >= 0.3 is 0 Å². The second kappa shape index (κ2) is 9.25. The molecule has 3 amide bonds. The van der Waals surface area contributed by atoms with E-state index < -0.39 is 5.25 Å². The molecule has 3 fully saturated rings. The van der Waals surface area contributed by atoms with E-state index in [1.54, 1.807) is 24.3 Å². The van der Waals surface area contributed by atoms with Crippen molar-refractivity contribution in [2.75, 3.05) is 18.4 Å². The van der Waals surface area contributed by atoms with E-state index in [4.69, 9.17) is 0 Å². The minimum atomic E-state index is -0.459. The maximum atomic E-state index is 12.6. The van der Waals surface area contributed by atoms with Crippen molar-refractivity contribution in [2.24, 2.45) is 16.8 Å². The Labute approximate surface area is 192 Å². The van der Waals surface area contributed by atoms with E-state index >= 15 is 0 Å². The quantitative estimate of drug-likeness (QED) is 0.659. The first kappa shape index (κ1) is 21.5. The van der Waals surface area contributed by atoms with Crippen molar-refractivity contribution >= 4 is 40.3 Å². The molecule has 5 rings (SSSR count). The highest BCUT2D eigenvalue weighted by molar-refractivity contribution is 8.15. The van der Waals surface area contributed by atoms with E-state index in [-0.39, 0.29) is 24.1 Å². The van der Waals surface area contributed by atoms with Crippen LogP contribution in [0, 0.1) is 11.8 Å². The minimum absolute atomic E-state index is 0.0398. The molecule has 1 aromatic carbocycles. The van der Waals surface area contributed by atoms with Gasteiger partial charge in [0.05, 0.1) is 0 Å². The number of piperidine rings is 1. The zero-order valence-electron chi connectivity index (χ0n) is 18.2. The third kappa shape index (κ3) is 5.17. The Kier molecular flexibility index (Phi) is 6.22. The fraction of sp³-hybridized carbons (Fsp3) is 0.583. The van der Waals surface area contributed by atoms with Crippen LogP contribution in [-0.4, -0.2) is 52.2 Å². The normalized spacial score (nSPS) is 23.3. The fourth-order valence-corrected chi connectivity index (χ4v) is 5.70. The molecule has 0 radical (unpaired) electrons. The Morgan fingerprint density at radius 1 is 1.03 bits per heavy atom. The van der Waals surface area contributed by atoms with Crippen LogP contribution in [0.15, 0.2) is 29.3 Å². The highest BCUT2D eigenvalue weighted by Gasteiger charge is 2.42. The molecule has 1 unspecified atom stereocenters. The van der Waals surface area contributed by atoms with Gasteiger partial charge in [0.1, 0.15) is 5.25 Å². The molecule has 32 heavy (non-hydrogen) atoms. The lowest BCUT2D eigenvalue weighted by atomic mass is 10.1. The van der Waals surface area contributed by atoms with Crippen LogP contribution in [0.1, 0.15) is 61.7 Å². The first-order chi connectivity index (χ1) is 15.6. The summed E-state index contributed by atoms with van der Waals surface area (Å²) in [5, 5.41) is 6.37. The highest BCUT2D eigenvalue weighted by Crippen LogP contribution is 2.44. The average molecular weight is 455 g/mol. The van der Waals surface area contributed by atoms with Crippen LogP contribution in [0.4, 0.5) is 5.69 Å². The van der Waals surface area contributed by atoms with Crippen LogP contribution in [0.5, 0.6) is 0 Å². The van der Waals surface area contributed by atoms with Crippen LogP contribution in [0.3, 0.4) is 0 Å². The summed E-state index contributed by atoms with van der Waals surface area (Å²) in [7, 11) is 0. The number of carbonyl (C=O) groups is 3. The second-order valence-electron chi connectivity index (χ2n) is 9.39. The summed E-state index contributed by atoms with van der Waals surface area (Å²) >= 11 is 1.40. The first-order valence-corrected chi connectivity index (χ1v) is 12.7. The van der Waals surface area contributed by atoms with Gasteiger partial charge in [0.25, 0.3) is 11.8 Å². The Morgan fingerprint density at radius 3 is 2.31 bits per heavy atom. The number of hydrogen-bond acceptors (Lipinski definition) is 5. The molecule has 2 aliphatic carbocycles. The van der Waals surface area contributed by atoms with Gasteiger partial charge in [0.2, 0.25) is 5.91 Å². The van der Waals surface area contributed by atoms with Crippen molar-refractivity contribution in [3.8, 4) is 0 Å². The summed E-state index contributed by atoms with van der Waals surface area (Å²) in [6.07, 6.45) is 8.44. The number of nitrogens with one attached hydrogen (secondary N) is 2. The molecule has 2 heterocycles. The number of thioether (sulfide) groups is 1. The Morgan fingerprint density at radius 2 is 1.69 bits per heavy atom. The number of carbonyl (C=O) groups excluding carboxylic acids is 3. The summed E-state index contributed by atoms with van der Waals surface area (Å²) in [5.74, 6) is 0.826. The zero-order valence-corrected chi connectivity index (χ0v) is 19.0. The second-order valence-corrected chi connectivity index (χ2v) is 10.6. The molecule has 0 spiro atoms. The van der Waals surface area contributed by atoms with Gasteiger partial charge in [0, 0.05) is 36.8 Å². The summed E-state index contributed by atoms with van der Waals surface area (Å²) in [6, 6.07) is 7.30. The van der Waals surface area contributed by atoms with Crippen molar-refractivity contribution < 1.29 is 14.4 Å². The largest absolute Gasteiger partial charge is 0.351 e. The number of likely N-dealkylation sites (tertiary alicyclic amines) is 1. The maximum Gasteiger partial charge on any atom is 0.262 e. The number of aliphatic imine (C=N–C) groups is 1. The highest BCUT2D eigenvalue weighted by atomic mass is 32.2. The summed E-state index contributed by atoms with van der Waals surface area (Å²) in [4.78, 5) is 43.7. The number of nitrogens with zero attached hydrogens (tertiary/aromatic N) is 2. The molecule has 1 atom stereocenters. The number of benzene rings is 1. The zero-order chi connectivity index (χ0) is 22.1. The molecule has 2 aliphatic heterocycles. The van der Waals surface area contributed by atoms with Crippen molar-refractivity contribution in [3.63, 3.8) is 0 Å². The number of rotatable bonds is 7. The lowest BCUT2D eigenvalue weighted by Gasteiger charge is -2.27. The monoisotopic (exact) mass is 454 g/mol. The molecule has 0 bridgehead atoms. The molecule has 8 heteroatoms. The molecular weight excluding hydrogens is 424 g/mol. The molecule has 7 nitrogen and oxygen atoms in total. The average Bonchev–Trinajstić information content (AvgIpc) is 3.72. The van der Waals surface area contributed by atoms with Gasteiger partial charge in [-0.15, -0.1) is 0 Å². The smallest absolute Gasteiger partial charge is 0.262 e. The molecule has 4 aliphatic rings. The summed E-state index contributed by atoms with van der Waals surface area (Å²) in [5.41, 5.74) is 1.23. The molecule has 170 valence electrons. The van der Waals surface area contributed by atoms with Crippen LogP contribution >= 0.6 is 11.8 Å². The van der Waals surface area contributed by atoms with Crippen molar-refractivity contribution in [1.29, 1.82) is 0 Å². The van der Waals surface area contributed by atoms with Gasteiger partial charge in [-0.1, -0.05) is 11.8 Å². The molecule has 1 saturated heterocycles. The lowest BCUT2D eigenvalue weighted by molar-refractivity contribution is -0.121. The number of hydrogen-bond donors (Lipinski definition) is 2. The van der Waals surface area contributed by atoms with Gasteiger partial charge in [-0.2, -0.15) is 4.99 Å². The van der Waals surface area contributed by atoms with E-state index in [1.165, 1.54) is 43.9 Å². The van der Waals surface area contributed by atoms with Gasteiger partial charge in [-0.25, -0.2) is 0 Å². The van der Waals surface area contributed by atoms with Gasteiger partial charge in [-0.05, 0) is 81.0 Å². The SMILES string of the molecule is O=C(CC1SC(N2CCCCC2)=NC1=O)Nc1ccc(C(=O)NC(C2CC2)C2CC2)cc1. The van der Waals surface area contributed by atoms with E-state index in [0.717, 1.165) is 31.1 Å². The molecule has 2 saturated carbocycles. The van der Waals surface area contributed by atoms with Crippen LogP contribution in [0.25, 0.3) is 0 Å². The Hall–Kier alpha value is -2.35. The van der Waals surface area contributed by atoms with Crippen LogP contribution < -0.4 is 10.6 Å². The number of amidine groups is 1. The van der Waals surface area contributed by atoms with Crippen LogP contribution in [0.2, 0.25) is 0 Å². The minimum Gasteiger partial charge on any atom is -0.351 e.